The molecule has 0 aliphatic carbocycles. The van der Waals surface area contributed by atoms with E-state index in [0.717, 1.165) is 13.0 Å². The van der Waals surface area contributed by atoms with Gasteiger partial charge in [-0.25, -0.2) is 0 Å². The van der Waals surface area contributed by atoms with Gasteiger partial charge >= 0.3 is 0 Å². The first kappa shape index (κ1) is 16.5. The van der Waals surface area contributed by atoms with E-state index < -0.39 is 0 Å². The van der Waals surface area contributed by atoms with E-state index in [4.69, 9.17) is 0 Å². The van der Waals surface area contributed by atoms with Crippen molar-refractivity contribution >= 4 is 5.91 Å². The third kappa shape index (κ3) is 3.13. The Morgan fingerprint density at radius 3 is 2.21 bits per heavy atom. The summed E-state index contributed by atoms with van der Waals surface area (Å²) in [5, 5.41) is 3.55. The van der Waals surface area contributed by atoms with Crippen LogP contribution >= 0.6 is 0 Å². The van der Waals surface area contributed by atoms with Crippen molar-refractivity contribution in [2.45, 2.75) is 73.5 Å². The largest absolute Gasteiger partial charge is 0.325 e. The topological polar surface area (TPSA) is 32.3 Å². The molecule has 0 radical (unpaired) electrons. The lowest BCUT2D eigenvalue weighted by Crippen LogP contribution is -2.47. The molecule has 0 spiro atoms. The average molecular weight is 268 g/mol. The van der Waals surface area contributed by atoms with Crippen molar-refractivity contribution in [3.05, 3.63) is 0 Å². The molecule has 2 atom stereocenters. The lowest BCUT2D eigenvalue weighted by atomic mass is 9.80. The van der Waals surface area contributed by atoms with Crippen molar-refractivity contribution in [2.75, 3.05) is 6.54 Å². The van der Waals surface area contributed by atoms with Gasteiger partial charge in [0.2, 0.25) is 5.91 Å². The van der Waals surface area contributed by atoms with Gasteiger partial charge in [0, 0.05) is 6.54 Å². The molecule has 19 heavy (non-hydrogen) atoms. The van der Waals surface area contributed by atoms with Crippen molar-refractivity contribution in [3.8, 4) is 0 Å². The highest BCUT2D eigenvalue weighted by molar-refractivity contribution is 5.88. The van der Waals surface area contributed by atoms with Crippen LogP contribution in [0, 0.1) is 17.3 Å². The Morgan fingerprint density at radius 1 is 1.32 bits per heavy atom. The Hall–Kier alpha value is -0.570. The first-order valence-electron chi connectivity index (χ1n) is 7.64. The lowest BCUT2D eigenvalue weighted by Gasteiger charge is -2.37. The first-order valence-corrected chi connectivity index (χ1v) is 7.64. The maximum Gasteiger partial charge on any atom is 0.243 e. The minimum atomic E-state index is -0.387. The molecule has 0 bridgehead atoms. The van der Waals surface area contributed by atoms with Gasteiger partial charge in [0.1, 0.15) is 0 Å². The second-order valence-electron chi connectivity index (χ2n) is 7.60. The summed E-state index contributed by atoms with van der Waals surface area (Å²) in [6.45, 7) is 18.3. The van der Waals surface area contributed by atoms with Crippen molar-refractivity contribution in [1.82, 2.24) is 10.2 Å². The Bertz CT molecular complexity index is 336. The third-order valence-electron chi connectivity index (χ3n) is 5.01. The fourth-order valence-corrected chi connectivity index (χ4v) is 2.48. The van der Waals surface area contributed by atoms with Gasteiger partial charge in [-0.05, 0) is 30.6 Å². The van der Waals surface area contributed by atoms with E-state index in [1.807, 2.05) is 6.92 Å². The fraction of sp³-hybridized carbons (Fsp3) is 0.938. The van der Waals surface area contributed by atoms with Crippen molar-refractivity contribution in [2.24, 2.45) is 17.3 Å². The average Bonchev–Trinajstić information content (AvgIpc) is 2.54. The summed E-state index contributed by atoms with van der Waals surface area (Å²) in [4.78, 5) is 14.8. The number of hydrogen-bond donors (Lipinski definition) is 1. The van der Waals surface area contributed by atoms with Gasteiger partial charge in [0.25, 0.3) is 0 Å². The van der Waals surface area contributed by atoms with Crippen molar-refractivity contribution in [3.63, 3.8) is 0 Å². The standard InChI is InChI=1S/C16H32N2O/c1-9-16(8)14(19)18(13(17-16)11(2)3)10-15(6,7)12(4)5/h11-13,17H,9-10H2,1-8H3. The smallest absolute Gasteiger partial charge is 0.243 e. The fourth-order valence-electron chi connectivity index (χ4n) is 2.48. The van der Waals surface area contributed by atoms with Crippen LogP contribution in [0.3, 0.4) is 0 Å². The number of carbonyl (C=O) groups excluding carboxylic acids is 1. The zero-order valence-electron chi connectivity index (χ0n) is 14.0. The van der Waals surface area contributed by atoms with E-state index in [1.165, 1.54) is 0 Å². The molecule has 1 heterocycles. The van der Waals surface area contributed by atoms with Gasteiger partial charge in [0.15, 0.2) is 0 Å². The molecule has 1 aliphatic rings. The van der Waals surface area contributed by atoms with Crippen LogP contribution in [0.2, 0.25) is 0 Å². The Balaban J connectivity index is 2.99. The van der Waals surface area contributed by atoms with E-state index in [1.54, 1.807) is 0 Å². The number of nitrogens with one attached hydrogen (secondary N) is 1. The summed E-state index contributed by atoms with van der Waals surface area (Å²) in [5.41, 5.74) is -0.245. The van der Waals surface area contributed by atoms with Gasteiger partial charge in [-0.15, -0.1) is 0 Å². The van der Waals surface area contributed by atoms with Gasteiger partial charge < -0.3 is 4.90 Å². The predicted octanol–water partition coefficient (Wildman–Crippen LogP) is 3.25. The maximum atomic E-state index is 12.7. The third-order valence-corrected chi connectivity index (χ3v) is 5.01. The monoisotopic (exact) mass is 268 g/mol. The highest BCUT2D eigenvalue weighted by atomic mass is 16.2. The maximum absolute atomic E-state index is 12.7. The molecular weight excluding hydrogens is 236 g/mol. The SMILES string of the molecule is CCC1(C)NC(C(C)C)N(CC(C)(C)C(C)C)C1=O. The van der Waals surface area contributed by atoms with Crippen LogP contribution in [0.1, 0.15) is 61.8 Å². The number of amides is 1. The van der Waals surface area contributed by atoms with E-state index in [9.17, 15) is 4.79 Å². The summed E-state index contributed by atoms with van der Waals surface area (Å²) in [6.07, 6.45) is 1.00. The van der Waals surface area contributed by atoms with Crippen LogP contribution in [0.15, 0.2) is 0 Å². The van der Waals surface area contributed by atoms with Crippen LogP contribution in [-0.2, 0) is 4.79 Å². The molecule has 1 saturated heterocycles. The summed E-state index contributed by atoms with van der Waals surface area (Å²) in [5.74, 6) is 1.25. The molecular formula is C16H32N2O. The van der Waals surface area contributed by atoms with Crippen LogP contribution in [0.4, 0.5) is 0 Å². The van der Waals surface area contributed by atoms with Crippen LogP contribution < -0.4 is 5.32 Å². The van der Waals surface area contributed by atoms with Crippen LogP contribution in [-0.4, -0.2) is 29.1 Å². The zero-order chi connectivity index (χ0) is 15.0. The summed E-state index contributed by atoms with van der Waals surface area (Å²) >= 11 is 0. The Morgan fingerprint density at radius 2 is 1.84 bits per heavy atom. The normalized spacial score (nSPS) is 28.8. The molecule has 1 aliphatic heterocycles. The molecule has 0 aromatic carbocycles. The number of hydrogen-bond acceptors (Lipinski definition) is 2. The van der Waals surface area contributed by atoms with E-state index in [2.05, 4.69) is 58.7 Å². The summed E-state index contributed by atoms with van der Waals surface area (Å²) < 4.78 is 0. The molecule has 3 heteroatoms. The molecule has 1 fully saturated rings. The van der Waals surface area contributed by atoms with Crippen molar-refractivity contribution < 1.29 is 4.79 Å². The van der Waals surface area contributed by atoms with Gasteiger partial charge in [-0.1, -0.05) is 48.5 Å². The number of nitrogens with zero attached hydrogens (tertiary/aromatic N) is 1. The molecule has 1 N–H and O–H groups in total. The highest BCUT2D eigenvalue weighted by Gasteiger charge is 2.48. The van der Waals surface area contributed by atoms with E-state index in [0.29, 0.717) is 11.8 Å². The second kappa shape index (κ2) is 5.43. The van der Waals surface area contributed by atoms with E-state index >= 15 is 0 Å². The number of rotatable bonds is 5. The molecule has 0 aromatic rings. The molecule has 1 rings (SSSR count). The quantitative estimate of drug-likeness (QED) is 0.830. The van der Waals surface area contributed by atoms with Gasteiger partial charge in [-0.2, -0.15) is 0 Å². The molecule has 1 amide bonds. The number of carbonyl (C=O) groups is 1. The van der Waals surface area contributed by atoms with Crippen LogP contribution in [0.5, 0.6) is 0 Å². The van der Waals surface area contributed by atoms with Crippen molar-refractivity contribution in [1.29, 1.82) is 0 Å². The predicted molar refractivity (Wildman–Crippen MR) is 80.8 cm³/mol. The van der Waals surface area contributed by atoms with Crippen LogP contribution in [0.25, 0.3) is 0 Å². The molecule has 3 nitrogen and oxygen atoms in total. The Labute approximate surface area is 119 Å². The summed E-state index contributed by atoms with van der Waals surface area (Å²) in [6, 6.07) is 0. The second-order valence-corrected chi connectivity index (χ2v) is 7.60. The summed E-state index contributed by atoms with van der Waals surface area (Å²) in [7, 11) is 0. The minimum absolute atomic E-state index is 0.142. The highest BCUT2D eigenvalue weighted by Crippen LogP contribution is 2.33. The molecule has 0 aromatic heterocycles. The lowest BCUT2D eigenvalue weighted by molar-refractivity contribution is -0.135. The molecule has 2 unspecified atom stereocenters. The van der Waals surface area contributed by atoms with E-state index in [-0.39, 0.29) is 23.0 Å². The van der Waals surface area contributed by atoms with Gasteiger partial charge in [-0.3, -0.25) is 10.1 Å². The first-order chi connectivity index (χ1) is 8.55. The molecule has 112 valence electrons. The zero-order valence-corrected chi connectivity index (χ0v) is 14.0. The Kier molecular flexibility index (Phi) is 4.71. The molecule has 0 saturated carbocycles. The van der Waals surface area contributed by atoms with Gasteiger partial charge in [0.05, 0.1) is 11.7 Å². The minimum Gasteiger partial charge on any atom is -0.325 e.